The van der Waals surface area contributed by atoms with Crippen LogP contribution >= 0.6 is 12.2 Å². The van der Waals surface area contributed by atoms with Gasteiger partial charge in [-0.2, -0.15) is 5.10 Å². The fraction of sp³-hybridized carbons (Fsp3) is 0.550. The number of likely N-dealkylation sites (N-methyl/N-ethyl adjacent to an activating group) is 1. The monoisotopic (exact) mass is 387 g/mol. The highest BCUT2D eigenvalue weighted by atomic mass is 32.1. The van der Waals surface area contributed by atoms with Gasteiger partial charge in [-0.3, -0.25) is 14.5 Å². The van der Waals surface area contributed by atoms with Gasteiger partial charge in [0.15, 0.2) is 4.77 Å². The molecule has 1 aromatic carbocycles. The highest BCUT2D eigenvalue weighted by Gasteiger charge is 2.15. The maximum absolute atomic E-state index is 12.6. The van der Waals surface area contributed by atoms with Gasteiger partial charge in [0.25, 0.3) is 0 Å². The Morgan fingerprint density at radius 1 is 1.22 bits per heavy atom. The second-order valence-corrected chi connectivity index (χ2v) is 7.63. The number of hydrogen-bond donors (Lipinski definition) is 1. The quantitative estimate of drug-likeness (QED) is 0.738. The standard InChI is InChI=1S/C20H29N5OS/c1-3-7-18-21-22-20(27)25(18)15-19(26)23(2)14-16-8-10-17(11-9-16)24-12-5-4-6-13-24/h8-11H,3-7,12-15H2,1-2H3,(H,22,27). The number of benzene rings is 1. The topological polar surface area (TPSA) is 57.2 Å². The Kier molecular flexibility index (Phi) is 6.66. The number of nitrogens with one attached hydrogen (secondary N) is 1. The fourth-order valence-electron chi connectivity index (χ4n) is 3.51. The predicted octanol–water partition coefficient (Wildman–Crippen LogP) is 3.54. The van der Waals surface area contributed by atoms with Crippen molar-refractivity contribution >= 4 is 23.8 Å². The summed E-state index contributed by atoms with van der Waals surface area (Å²) in [6, 6.07) is 8.59. The smallest absolute Gasteiger partial charge is 0.242 e. The van der Waals surface area contributed by atoms with Crippen molar-refractivity contribution in [1.29, 1.82) is 0 Å². The first-order valence-electron chi connectivity index (χ1n) is 9.80. The lowest BCUT2D eigenvalue weighted by molar-refractivity contribution is -0.131. The lowest BCUT2D eigenvalue weighted by Crippen LogP contribution is -2.30. The molecule has 1 aliphatic heterocycles. The molecule has 0 saturated carbocycles. The van der Waals surface area contributed by atoms with Crippen LogP contribution in [-0.4, -0.2) is 45.7 Å². The number of aromatic amines is 1. The fourth-order valence-corrected chi connectivity index (χ4v) is 3.73. The number of hydrogen-bond acceptors (Lipinski definition) is 4. The van der Waals surface area contributed by atoms with Crippen molar-refractivity contribution in [3.05, 3.63) is 40.4 Å². The maximum Gasteiger partial charge on any atom is 0.242 e. The molecule has 146 valence electrons. The number of anilines is 1. The van der Waals surface area contributed by atoms with Gasteiger partial charge in [-0.25, -0.2) is 0 Å². The average Bonchev–Trinajstić information content (AvgIpc) is 3.03. The van der Waals surface area contributed by atoms with E-state index in [1.54, 1.807) is 9.47 Å². The van der Waals surface area contributed by atoms with Crippen molar-refractivity contribution in [2.24, 2.45) is 0 Å². The first-order chi connectivity index (χ1) is 13.1. The van der Waals surface area contributed by atoms with E-state index in [1.165, 1.54) is 24.9 Å². The summed E-state index contributed by atoms with van der Waals surface area (Å²) < 4.78 is 2.31. The third kappa shape index (κ3) is 4.97. The van der Waals surface area contributed by atoms with E-state index in [0.717, 1.165) is 37.3 Å². The van der Waals surface area contributed by atoms with Crippen molar-refractivity contribution in [2.75, 3.05) is 25.0 Å². The largest absolute Gasteiger partial charge is 0.372 e. The molecule has 0 radical (unpaired) electrons. The number of H-pyrrole nitrogens is 1. The minimum Gasteiger partial charge on any atom is -0.372 e. The van der Waals surface area contributed by atoms with Gasteiger partial charge in [0.1, 0.15) is 12.4 Å². The van der Waals surface area contributed by atoms with Crippen molar-refractivity contribution in [1.82, 2.24) is 19.7 Å². The number of amides is 1. The molecular formula is C20H29N5OS. The van der Waals surface area contributed by atoms with Crippen molar-refractivity contribution < 1.29 is 4.79 Å². The summed E-state index contributed by atoms with van der Waals surface area (Å²) in [6.07, 6.45) is 5.66. The molecular weight excluding hydrogens is 358 g/mol. The molecule has 0 spiro atoms. The van der Waals surface area contributed by atoms with Crippen LogP contribution in [0.2, 0.25) is 0 Å². The SMILES string of the molecule is CCCc1n[nH]c(=S)n1CC(=O)N(C)Cc1ccc(N2CCCCC2)cc1. The first kappa shape index (κ1) is 19.6. The molecule has 0 aliphatic carbocycles. The molecule has 0 atom stereocenters. The van der Waals surface area contributed by atoms with E-state index in [4.69, 9.17) is 12.2 Å². The Morgan fingerprint density at radius 3 is 2.59 bits per heavy atom. The summed E-state index contributed by atoms with van der Waals surface area (Å²) in [4.78, 5) is 16.8. The Bertz CT molecular complexity index is 805. The van der Waals surface area contributed by atoms with Crippen molar-refractivity contribution in [3.63, 3.8) is 0 Å². The van der Waals surface area contributed by atoms with E-state index in [-0.39, 0.29) is 12.5 Å². The Balaban J connectivity index is 1.59. The molecule has 1 N–H and O–H groups in total. The van der Waals surface area contributed by atoms with Gasteiger partial charge in [-0.15, -0.1) is 0 Å². The van der Waals surface area contributed by atoms with Crippen LogP contribution < -0.4 is 4.90 Å². The number of piperidine rings is 1. The van der Waals surface area contributed by atoms with Gasteiger partial charge in [-0.05, 0) is 55.6 Å². The second kappa shape index (κ2) is 9.17. The number of carbonyl (C=O) groups is 1. The third-order valence-corrected chi connectivity index (χ3v) is 5.42. The van der Waals surface area contributed by atoms with Gasteiger partial charge in [0, 0.05) is 38.8 Å². The second-order valence-electron chi connectivity index (χ2n) is 7.25. The van der Waals surface area contributed by atoms with Gasteiger partial charge >= 0.3 is 0 Å². The van der Waals surface area contributed by atoms with E-state index in [1.807, 2.05) is 7.05 Å². The minimum atomic E-state index is 0.0324. The number of rotatable bonds is 7. The van der Waals surface area contributed by atoms with Crippen LogP contribution in [0.1, 0.15) is 44.0 Å². The number of nitrogens with zero attached hydrogens (tertiary/aromatic N) is 4. The van der Waals surface area contributed by atoms with Crippen LogP contribution in [0.15, 0.2) is 24.3 Å². The molecule has 2 heterocycles. The van der Waals surface area contributed by atoms with Crippen LogP contribution in [0.4, 0.5) is 5.69 Å². The Morgan fingerprint density at radius 2 is 1.93 bits per heavy atom. The highest BCUT2D eigenvalue weighted by Crippen LogP contribution is 2.20. The summed E-state index contributed by atoms with van der Waals surface area (Å²) in [6.45, 7) is 5.19. The zero-order valence-electron chi connectivity index (χ0n) is 16.3. The molecule has 1 saturated heterocycles. The molecule has 2 aromatic rings. The van der Waals surface area contributed by atoms with Crippen LogP contribution in [0.3, 0.4) is 0 Å². The van der Waals surface area contributed by atoms with Crippen LogP contribution in [0.25, 0.3) is 0 Å². The van der Waals surface area contributed by atoms with Crippen LogP contribution in [-0.2, 0) is 24.3 Å². The summed E-state index contributed by atoms with van der Waals surface area (Å²) >= 11 is 5.27. The average molecular weight is 388 g/mol. The van der Waals surface area contributed by atoms with Gasteiger partial charge in [0.05, 0.1) is 0 Å². The summed E-state index contributed by atoms with van der Waals surface area (Å²) in [5.74, 6) is 0.875. The third-order valence-electron chi connectivity index (χ3n) is 5.11. The van der Waals surface area contributed by atoms with Crippen molar-refractivity contribution in [2.45, 2.75) is 52.1 Å². The highest BCUT2D eigenvalue weighted by molar-refractivity contribution is 7.71. The van der Waals surface area contributed by atoms with Crippen molar-refractivity contribution in [3.8, 4) is 0 Å². The number of aryl methyl sites for hydroxylation is 1. The van der Waals surface area contributed by atoms with Crippen LogP contribution in [0.5, 0.6) is 0 Å². The summed E-state index contributed by atoms with van der Waals surface area (Å²) in [5, 5.41) is 7.02. The molecule has 1 amide bonds. The number of carbonyl (C=O) groups excluding carboxylic acids is 1. The maximum atomic E-state index is 12.6. The molecule has 0 bridgehead atoms. The lowest BCUT2D eigenvalue weighted by atomic mass is 10.1. The van der Waals surface area contributed by atoms with Gasteiger partial charge in [-0.1, -0.05) is 19.1 Å². The molecule has 1 fully saturated rings. The normalized spacial score (nSPS) is 14.4. The molecule has 1 aliphatic rings. The minimum absolute atomic E-state index is 0.0324. The molecule has 1 aromatic heterocycles. The summed E-state index contributed by atoms with van der Waals surface area (Å²) in [7, 11) is 1.84. The predicted molar refractivity (Wildman–Crippen MR) is 110 cm³/mol. The van der Waals surface area contributed by atoms with Gasteiger partial charge < -0.3 is 9.80 Å². The van der Waals surface area contributed by atoms with Crippen LogP contribution in [0, 0.1) is 4.77 Å². The lowest BCUT2D eigenvalue weighted by Gasteiger charge is -2.29. The zero-order chi connectivity index (χ0) is 19.2. The Labute approximate surface area is 166 Å². The molecule has 6 nitrogen and oxygen atoms in total. The molecule has 7 heteroatoms. The zero-order valence-corrected chi connectivity index (χ0v) is 17.1. The Hall–Kier alpha value is -2.15. The van der Waals surface area contributed by atoms with E-state index >= 15 is 0 Å². The molecule has 3 rings (SSSR count). The molecule has 0 unspecified atom stereocenters. The molecule has 27 heavy (non-hydrogen) atoms. The first-order valence-corrected chi connectivity index (χ1v) is 10.2. The van der Waals surface area contributed by atoms with E-state index in [0.29, 0.717) is 11.3 Å². The number of aromatic nitrogens is 3. The van der Waals surface area contributed by atoms with E-state index in [2.05, 4.69) is 46.3 Å². The van der Waals surface area contributed by atoms with E-state index < -0.39 is 0 Å². The van der Waals surface area contributed by atoms with Gasteiger partial charge in [0.2, 0.25) is 5.91 Å². The van der Waals surface area contributed by atoms with E-state index in [9.17, 15) is 4.79 Å². The summed E-state index contributed by atoms with van der Waals surface area (Å²) in [5.41, 5.74) is 2.41.